The fourth-order valence-electron chi connectivity index (χ4n) is 4.66. The molecule has 4 aromatic rings. The summed E-state index contributed by atoms with van der Waals surface area (Å²) in [4.78, 5) is 33.8. The van der Waals surface area contributed by atoms with Crippen molar-refractivity contribution in [3.8, 4) is 0 Å². The van der Waals surface area contributed by atoms with Crippen LogP contribution in [-0.2, 0) is 17.9 Å². The van der Waals surface area contributed by atoms with Crippen LogP contribution in [0.3, 0.4) is 0 Å². The molecule has 0 unspecified atom stereocenters. The van der Waals surface area contributed by atoms with Crippen molar-refractivity contribution in [1.82, 2.24) is 31.2 Å². The average Bonchev–Trinajstić information content (AvgIpc) is 3.50. The zero-order valence-electron chi connectivity index (χ0n) is 22.8. The molecular weight excluding hydrogens is 504 g/mol. The molecule has 0 saturated heterocycles. The maximum absolute atomic E-state index is 13.4. The summed E-state index contributed by atoms with van der Waals surface area (Å²) in [5.41, 5.74) is 2.56. The Morgan fingerprint density at radius 2 is 1.73 bits per heavy atom. The van der Waals surface area contributed by atoms with Gasteiger partial charge in [0.05, 0.1) is 19.2 Å². The molecule has 0 bridgehead atoms. The van der Waals surface area contributed by atoms with E-state index in [1.54, 1.807) is 24.5 Å². The lowest BCUT2D eigenvalue weighted by Gasteiger charge is -2.23. The van der Waals surface area contributed by atoms with E-state index in [-0.39, 0.29) is 24.5 Å². The van der Waals surface area contributed by atoms with E-state index in [0.29, 0.717) is 44.6 Å². The van der Waals surface area contributed by atoms with Crippen LogP contribution in [0.25, 0.3) is 10.8 Å². The zero-order chi connectivity index (χ0) is 28.2. The Bertz CT molecular complexity index is 1350. The molecule has 1 aromatic heterocycles. The van der Waals surface area contributed by atoms with Crippen molar-refractivity contribution in [2.45, 2.75) is 44.9 Å². The van der Waals surface area contributed by atoms with Gasteiger partial charge >= 0.3 is 0 Å². The van der Waals surface area contributed by atoms with E-state index < -0.39 is 6.04 Å². The van der Waals surface area contributed by atoms with E-state index in [1.165, 1.54) is 0 Å². The van der Waals surface area contributed by atoms with Crippen LogP contribution >= 0.6 is 0 Å². The number of amides is 2. The van der Waals surface area contributed by atoms with Gasteiger partial charge in [0.15, 0.2) is 0 Å². The molecule has 2 amide bonds. The lowest BCUT2D eigenvalue weighted by molar-refractivity contribution is -0.123. The molecule has 0 aliphatic heterocycles. The highest BCUT2D eigenvalue weighted by Crippen LogP contribution is 2.24. The molecule has 3 aromatic carbocycles. The lowest BCUT2D eigenvalue weighted by atomic mass is 9.99. The van der Waals surface area contributed by atoms with Crippen LogP contribution in [0.4, 0.5) is 0 Å². The Hall–Kier alpha value is -4.05. The molecule has 9 nitrogen and oxygen atoms in total. The molecule has 0 saturated carbocycles. The monoisotopic (exact) mass is 542 g/mol. The first-order valence-electron chi connectivity index (χ1n) is 13.7. The number of aliphatic hydroxyl groups excluding tert-OH is 1. The van der Waals surface area contributed by atoms with Crippen molar-refractivity contribution in [3.63, 3.8) is 0 Å². The van der Waals surface area contributed by atoms with Crippen molar-refractivity contribution >= 4 is 22.6 Å². The molecule has 210 valence electrons. The second-order valence-corrected chi connectivity index (χ2v) is 9.78. The summed E-state index contributed by atoms with van der Waals surface area (Å²) in [5.74, 6) is 0.340. The van der Waals surface area contributed by atoms with Crippen LogP contribution in [0.5, 0.6) is 0 Å². The van der Waals surface area contributed by atoms with Crippen LogP contribution in [0, 0.1) is 0 Å². The van der Waals surface area contributed by atoms with Crippen molar-refractivity contribution in [1.29, 1.82) is 0 Å². The third-order valence-corrected chi connectivity index (χ3v) is 6.80. The Balaban J connectivity index is 1.38. The van der Waals surface area contributed by atoms with Gasteiger partial charge in [-0.3, -0.25) is 9.59 Å². The maximum Gasteiger partial charge on any atom is 0.251 e. The summed E-state index contributed by atoms with van der Waals surface area (Å²) in [7, 11) is 0. The number of rotatable bonds is 15. The number of hydrogen-bond acceptors (Lipinski definition) is 6. The second-order valence-electron chi connectivity index (χ2n) is 9.78. The van der Waals surface area contributed by atoms with Crippen LogP contribution in [0.2, 0.25) is 0 Å². The zero-order valence-corrected chi connectivity index (χ0v) is 22.8. The number of fused-ring (bicyclic) bond motifs is 1. The van der Waals surface area contributed by atoms with E-state index in [2.05, 4.69) is 49.4 Å². The van der Waals surface area contributed by atoms with Gasteiger partial charge in [-0.2, -0.15) is 0 Å². The molecule has 0 spiro atoms. The Kier molecular flexibility index (Phi) is 10.8. The van der Waals surface area contributed by atoms with E-state index in [1.807, 2.05) is 43.3 Å². The number of nitrogens with one attached hydrogen (secondary N) is 5. The molecule has 6 N–H and O–H groups in total. The minimum atomic E-state index is -0.699. The summed E-state index contributed by atoms with van der Waals surface area (Å²) in [6.07, 6.45) is 4.64. The third-order valence-electron chi connectivity index (χ3n) is 6.80. The smallest absolute Gasteiger partial charge is 0.251 e. The quantitative estimate of drug-likeness (QED) is 0.128. The Morgan fingerprint density at radius 1 is 0.925 bits per heavy atom. The highest BCUT2D eigenvalue weighted by Gasteiger charge is 2.23. The normalized spacial score (nSPS) is 12.7. The van der Waals surface area contributed by atoms with Crippen LogP contribution in [0.15, 0.2) is 79.1 Å². The van der Waals surface area contributed by atoms with Crippen LogP contribution in [0.1, 0.15) is 53.1 Å². The number of imidazole rings is 1. The molecule has 0 radical (unpaired) electrons. The van der Waals surface area contributed by atoms with Crippen molar-refractivity contribution < 1.29 is 14.7 Å². The number of aromatic nitrogens is 2. The second kappa shape index (κ2) is 14.9. The van der Waals surface area contributed by atoms with Crippen molar-refractivity contribution in [3.05, 3.63) is 102 Å². The number of nitrogens with zero attached hydrogens (tertiary/aromatic N) is 1. The lowest BCUT2D eigenvalue weighted by Crippen LogP contribution is -2.47. The molecule has 2 atom stereocenters. The topological polar surface area (TPSA) is 131 Å². The van der Waals surface area contributed by atoms with Gasteiger partial charge in [-0.1, -0.05) is 54.6 Å². The molecule has 0 fully saturated rings. The van der Waals surface area contributed by atoms with Gasteiger partial charge in [-0.05, 0) is 60.3 Å². The minimum absolute atomic E-state index is 0.0531. The van der Waals surface area contributed by atoms with Gasteiger partial charge in [0.2, 0.25) is 5.91 Å². The summed E-state index contributed by atoms with van der Waals surface area (Å²) in [6.45, 7) is 4.40. The number of carbonyl (C=O) groups excluding carboxylic acids is 2. The first-order valence-corrected chi connectivity index (χ1v) is 13.7. The largest absolute Gasteiger partial charge is 0.395 e. The van der Waals surface area contributed by atoms with E-state index in [4.69, 9.17) is 5.11 Å². The molecule has 0 aliphatic rings. The molecule has 1 heterocycles. The van der Waals surface area contributed by atoms with Crippen molar-refractivity contribution in [2.24, 2.45) is 0 Å². The summed E-state index contributed by atoms with van der Waals surface area (Å²) in [6, 6.07) is 20.6. The minimum Gasteiger partial charge on any atom is -0.395 e. The maximum atomic E-state index is 13.4. The van der Waals surface area contributed by atoms with Crippen molar-refractivity contribution in [2.75, 3.05) is 19.7 Å². The Morgan fingerprint density at radius 3 is 2.50 bits per heavy atom. The standard InChI is InChI=1S/C31H38N6O3/c1-22(26-9-4-7-24-6-2-3-8-27(24)26)36-31(40)28(10-5-15-32-18-19-38)37-30(39)25-13-11-23(12-14-25)20-33-21-29-34-16-17-35-29/h2-4,6-9,11-14,16-17,22,28,32-33,38H,5,10,15,18-21H2,1H3,(H,34,35)(H,36,40)(H,37,39)/t22-,28-/m0/s1. The van der Waals surface area contributed by atoms with Gasteiger partial charge < -0.3 is 31.4 Å². The molecule has 0 aliphatic carbocycles. The van der Waals surface area contributed by atoms with Gasteiger partial charge in [-0.15, -0.1) is 0 Å². The fourth-order valence-corrected chi connectivity index (χ4v) is 4.66. The highest BCUT2D eigenvalue weighted by molar-refractivity contribution is 5.97. The van der Waals surface area contributed by atoms with Gasteiger partial charge in [-0.25, -0.2) is 4.98 Å². The van der Waals surface area contributed by atoms with E-state index in [9.17, 15) is 9.59 Å². The number of carbonyl (C=O) groups is 2. The van der Waals surface area contributed by atoms with Crippen LogP contribution in [-0.4, -0.2) is 52.6 Å². The number of aliphatic hydroxyl groups is 1. The molecule has 40 heavy (non-hydrogen) atoms. The van der Waals surface area contributed by atoms with Crippen LogP contribution < -0.4 is 21.3 Å². The van der Waals surface area contributed by atoms with E-state index in [0.717, 1.165) is 27.7 Å². The first-order chi connectivity index (χ1) is 19.5. The summed E-state index contributed by atoms with van der Waals surface area (Å²) in [5, 5.41) is 23.7. The van der Waals surface area contributed by atoms with E-state index >= 15 is 0 Å². The third kappa shape index (κ3) is 8.22. The SMILES string of the molecule is C[C@H](NC(=O)[C@H](CCCNCCO)NC(=O)c1ccc(CNCc2ncc[nH]2)cc1)c1cccc2ccccc12. The predicted octanol–water partition coefficient (Wildman–Crippen LogP) is 3.19. The number of hydrogen-bond donors (Lipinski definition) is 6. The average molecular weight is 543 g/mol. The number of H-pyrrole nitrogens is 1. The predicted molar refractivity (Wildman–Crippen MR) is 157 cm³/mol. The number of benzene rings is 3. The molecule has 9 heteroatoms. The summed E-state index contributed by atoms with van der Waals surface area (Å²) >= 11 is 0. The van der Waals surface area contributed by atoms with Gasteiger partial charge in [0.25, 0.3) is 5.91 Å². The molecule has 4 rings (SSSR count). The first kappa shape index (κ1) is 28.9. The number of aromatic amines is 1. The van der Waals surface area contributed by atoms with Gasteiger partial charge in [0.1, 0.15) is 11.9 Å². The fraction of sp³-hybridized carbons (Fsp3) is 0.323. The van der Waals surface area contributed by atoms with Gasteiger partial charge in [0, 0.05) is 31.0 Å². The Labute approximate surface area is 234 Å². The highest BCUT2D eigenvalue weighted by atomic mass is 16.3. The molecular formula is C31H38N6O3. The summed E-state index contributed by atoms with van der Waals surface area (Å²) < 4.78 is 0.